The van der Waals surface area contributed by atoms with Crippen LogP contribution in [0.2, 0.25) is 0 Å². The van der Waals surface area contributed by atoms with Gasteiger partial charge in [0.1, 0.15) is 6.29 Å². The molecule has 1 aliphatic carbocycles. The van der Waals surface area contributed by atoms with Gasteiger partial charge in [-0.3, -0.25) is 4.79 Å². The Morgan fingerprint density at radius 2 is 1.94 bits per heavy atom. The van der Waals surface area contributed by atoms with Crippen LogP contribution in [0.1, 0.15) is 23.2 Å². The van der Waals surface area contributed by atoms with Crippen LogP contribution in [0.25, 0.3) is 0 Å². The molecule has 0 saturated carbocycles. The number of hydrogen-bond acceptors (Lipinski definition) is 2. The van der Waals surface area contributed by atoms with Gasteiger partial charge < -0.3 is 4.90 Å². The summed E-state index contributed by atoms with van der Waals surface area (Å²) in [5.74, 6) is 0. The molecule has 1 aromatic carbocycles. The van der Waals surface area contributed by atoms with E-state index in [1.165, 1.54) is 5.70 Å². The Bertz CT molecular complexity index is 429. The topological polar surface area (TPSA) is 20.3 Å². The fraction of sp³-hybridized carbons (Fsp3) is 0.214. The number of allylic oxidation sites excluding steroid dienone is 3. The molecule has 0 heterocycles. The van der Waals surface area contributed by atoms with Gasteiger partial charge in [0.2, 0.25) is 0 Å². The van der Waals surface area contributed by atoms with E-state index in [-0.39, 0.29) is 0 Å². The van der Waals surface area contributed by atoms with Gasteiger partial charge in [0, 0.05) is 24.0 Å². The SMILES string of the molecule is CN(C1=CCCC=C1)c1ccc(C=O)cc1. The Balaban J connectivity index is 2.19. The molecule has 0 spiro atoms. The van der Waals surface area contributed by atoms with E-state index >= 15 is 0 Å². The number of nitrogens with zero attached hydrogens (tertiary/aromatic N) is 1. The van der Waals surface area contributed by atoms with Crippen molar-refractivity contribution in [2.24, 2.45) is 0 Å². The van der Waals surface area contributed by atoms with Gasteiger partial charge >= 0.3 is 0 Å². The van der Waals surface area contributed by atoms with Gasteiger partial charge in [-0.25, -0.2) is 0 Å². The first-order valence-corrected chi connectivity index (χ1v) is 5.47. The third kappa shape index (κ3) is 2.22. The minimum Gasteiger partial charge on any atom is -0.345 e. The molecule has 1 aromatic rings. The summed E-state index contributed by atoms with van der Waals surface area (Å²) in [5, 5.41) is 0. The highest BCUT2D eigenvalue weighted by Gasteiger charge is 2.05. The molecule has 2 nitrogen and oxygen atoms in total. The maximum Gasteiger partial charge on any atom is 0.150 e. The molecule has 2 rings (SSSR count). The Morgan fingerprint density at radius 1 is 1.19 bits per heavy atom. The second-order valence-electron chi connectivity index (χ2n) is 3.88. The van der Waals surface area contributed by atoms with Crippen LogP contribution in [0.4, 0.5) is 5.69 Å². The van der Waals surface area contributed by atoms with Gasteiger partial charge in [0.25, 0.3) is 0 Å². The van der Waals surface area contributed by atoms with Crippen molar-refractivity contribution >= 4 is 12.0 Å². The quantitative estimate of drug-likeness (QED) is 0.719. The molecule has 82 valence electrons. The molecule has 2 heteroatoms. The van der Waals surface area contributed by atoms with E-state index in [0.29, 0.717) is 5.56 Å². The lowest BCUT2D eigenvalue weighted by Crippen LogP contribution is -2.15. The number of anilines is 1. The highest BCUT2D eigenvalue weighted by Crippen LogP contribution is 2.21. The molecule has 1 aliphatic rings. The Hall–Kier alpha value is -1.83. The second-order valence-corrected chi connectivity index (χ2v) is 3.88. The molecule has 0 atom stereocenters. The zero-order chi connectivity index (χ0) is 11.4. The minimum atomic E-state index is 0.713. The monoisotopic (exact) mass is 213 g/mol. The van der Waals surface area contributed by atoms with Crippen LogP contribution < -0.4 is 4.90 Å². The molecule has 0 radical (unpaired) electrons. The maximum atomic E-state index is 10.6. The highest BCUT2D eigenvalue weighted by molar-refractivity contribution is 5.76. The first-order valence-electron chi connectivity index (χ1n) is 5.47. The fourth-order valence-corrected chi connectivity index (χ4v) is 1.77. The average molecular weight is 213 g/mol. The summed E-state index contributed by atoms with van der Waals surface area (Å²) in [5.41, 5.74) is 3.03. The van der Waals surface area contributed by atoms with Crippen LogP contribution in [0.3, 0.4) is 0 Å². The lowest BCUT2D eigenvalue weighted by molar-refractivity contribution is 0.112. The molecule has 0 bridgehead atoms. The van der Waals surface area contributed by atoms with E-state index in [9.17, 15) is 4.79 Å². The van der Waals surface area contributed by atoms with Crippen LogP contribution >= 0.6 is 0 Å². The maximum absolute atomic E-state index is 10.6. The van der Waals surface area contributed by atoms with Gasteiger partial charge in [-0.1, -0.05) is 12.2 Å². The Kier molecular flexibility index (Phi) is 3.20. The molecule has 16 heavy (non-hydrogen) atoms. The van der Waals surface area contributed by atoms with Crippen molar-refractivity contribution in [1.82, 2.24) is 0 Å². The predicted octanol–water partition coefficient (Wildman–Crippen LogP) is 3.17. The van der Waals surface area contributed by atoms with E-state index in [1.807, 2.05) is 31.3 Å². The van der Waals surface area contributed by atoms with Crippen LogP contribution in [-0.2, 0) is 0 Å². The molecule has 0 aromatic heterocycles. The molecule has 0 N–H and O–H groups in total. The lowest BCUT2D eigenvalue weighted by atomic mass is 10.1. The molecule has 0 saturated heterocycles. The van der Waals surface area contributed by atoms with Crippen LogP contribution in [-0.4, -0.2) is 13.3 Å². The van der Waals surface area contributed by atoms with Crippen molar-refractivity contribution in [3.8, 4) is 0 Å². The van der Waals surface area contributed by atoms with Gasteiger partial charge in [-0.2, -0.15) is 0 Å². The first kappa shape index (κ1) is 10.7. The van der Waals surface area contributed by atoms with Gasteiger partial charge in [0.05, 0.1) is 0 Å². The summed E-state index contributed by atoms with van der Waals surface area (Å²) in [6.07, 6.45) is 9.64. The van der Waals surface area contributed by atoms with Crippen LogP contribution in [0.15, 0.2) is 48.2 Å². The highest BCUT2D eigenvalue weighted by atomic mass is 16.1. The second kappa shape index (κ2) is 4.79. The Labute approximate surface area is 95.9 Å². The van der Waals surface area contributed by atoms with Gasteiger partial charge in [0.15, 0.2) is 0 Å². The summed E-state index contributed by atoms with van der Waals surface area (Å²) in [7, 11) is 2.04. The van der Waals surface area contributed by atoms with Crippen molar-refractivity contribution in [3.63, 3.8) is 0 Å². The number of likely N-dealkylation sites (N-methyl/N-ethyl adjacent to an activating group) is 1. The van der Waals surface area contributed by atoms with E-state index in [2.05, 4.69) is 23.1 Å². The number of carbonyl (C=O) groups is 1. The summed E-state index contributed by atoms with van der Waals surface area (Å²) >= 11 is 0. The number of benzene rings is 1. The van der Waals surface area contributed by atoms with Gasteiger partial charge in [-0.05, 0) is 43.2 Å². The lowest BCUT2D eigenvalue weighted by Gasteiger charge is -2.22. The van der Waals surface area contributed by atoms with Crippen molar-refractivity contribution in [3.05, 3.63) is 53.8 Å². The number of aldehydes is 1. The Morgan fingerprint density at radius 3 is 2.50 bits per heavy atom. The predicted molar refractivity (Wildman–Crippen MR) is 66.7 cm³/mol. The largest absolute Gasteiger partial charge is 0.345 e. The number of rotatable bonds is 3. The minimum absolute atomic E-state index is 0.713. The first-order chi connectivity index (χ1) is 7.81. The zero-order valence-corrected chi connectivity index (χ0v) is 9.39. The zero-order valence-electron chi connectivity index (χ0n) is 9.39. The summed E-state index contributed by atoms with van der Waals surface area (Å²) < 4.78 is 0. The third-order valence-electron chi connectivity index (χ3n) is 2.78. The molecule has 0 unspecified atom stereocenters. The van der Waals surface area contributed by atoms with E-state index in [1.54, 1.807) is 0 Å². The molecule has 0 fully saturated rings. The molecular formula is C14H15NO. The fourth-order valence-electron chi connectivity index (χ4n) is 1.77. The van der Waals surface area contributed by atoms with Crippen LogP contribution in [0.5, 0.6) is 0 Å². The average Bonchev–Trinajstić information content (AvgIpc) is 2.39. The molecular weight excluding hydrogens is 198 g/mol. The third-order valence-corrected chi connectivity index (χ3v) is 2.78. The van der Waals surface area contributed by atoms with E-state index < -0.39 is 0 Å². The molecule has 0 aliphatic heterocycles. The summed E-state index contributed by atoms with van der Waals surface area (Å²) in [6.45, 7) is 0. The van der Waals surface area contributed by atoms with Crippen molar-refractivity contribution in [2.75, 3.05) is 11.9 Å². The summed E-state index contributed by atoms with van der Waals surface area (Å²) in [6, 6.07) is 7.61. The summed E-state index contributed by atoms with van der Waals surface area (Å²) in [4.78, 5) is 12.7. The van der Waals surface area contributed by atoms with Crippen molar-refractivity contribution < 1.29 is 4.79 Å². The van der Waals surface area contributed by atoms with E-state index in [0.717, 1.165) is 24.8 Å². The number of carbonyl (C=O) groups excluding carboxylic acids is 1. The standard InChI is InChI=1S/C14H15NO/c1-15(13-5-3-2-4-6-13)14-9-7-12(11-16)8-10-14/h3,5-11H,2,4H2,1H3. The van der Waals surface area contributed by atoms with E-state index in [4.69, 9.17) is 0 Å². The van der Waals surface area contributed by atoms with Gasteiger partial charge in [-0.15, -0.1) is 0 Å². The number of hydrogen-bond donors (Lipinski definition) is 0. The molecule has 0 amide bonds. The van der Waals surface area contributed by atoms with Crippen molar-refractivity contribution in [1.29, 1.82) is 0 Å². The smallest absolute Gasteiger partial charge is 0.150 e. The van der Waals surface area contributed by atoms with Crippen molar-refractivity contribution in [2.45, 2.75) is 12.8 Å². The normalized spacial score (nSPS) is 14.4. The van der Waals surface area contributed by atoms with Crippen LogP contribution in [0, 0.1) is 0 Å².